The molecule has 0 unspecified atom stereocenters. The van der Waals surface area contributed by atoms with Crippen molar-refractivity contribution in [2.45, 2.75) is 26.2 Å². The van der Waals surface area contributed by atoms with Gasteiger partial charge in [0.05, 0.1) is 0 Å². The van der Waals surface area contributed by atoms with Crippen LogP contribution in [0, 0.1) is 0 Å². The Hall–Kier alpha value is 0.470. The molecule has 0 saturated heterocycles. The standard InChI is InChI=1S/C5H10O2.Na/c1-2-3-4-5(6)7;/h2-4H2,1H3,(H,6,7);/q;+1/p-1/i5+2;. The van der Waals surface area contributed by atoms with Crippen LogP contribution in [-0.2, 0) is 4.79 Å². The van der Waals surface area contributed by atoms with Crippen LogP contribution in [0.2, 0.25) is 0 Å². The molecule has 0 radical (unpaired) electrons. The number of carbonyl (C=O) groups is 1. The second kappa shape index (κ2) is 7.47. The molecule has 0 fully saturated rings. The Kier molecular flexibility index (Phi) is 10.5. The number of carbonyl (C=O) groups excluding carboxylic acids is 1. The molecule has 0 rings (SSSR count). The minimum absolute atomic E-state index is 0. The number of aliphatic carboxylic acids is 1. The number of hydrogen-bond acceptors (Lipinski definition) is 2. The minimum Gasteiger partial charge on any atom is -0.550 e. The Morgan fingerprint density at radius 1 is 1.62 bits per heavy atom. The average Bonchev–Trinajstić information content (AvgIpc) is 1.61. The van der Waals surface area contributed by atoms with Crippen LogP contribution in [0.1, 0.15) is 26.2 Å². The van der Waals surface area contributed by atoms with Gasteiger partial charge in [0.25, 0.3) is 0 Å². The summed E-state index contributed by atoms with van der Waals surface area (Å²) >= 11 is 0. The summed E-state index contributed by atoms with van der Waals surface area (Å²) in [6.07, 6.45) is 1.87. The predicted molar refractivity (Wildman–Crippen MR) is 24.5 cm³/mol. The number of unbranched alkanes of at least 4 members (excludes halogenated alkanes) is 1. The quantitative estimate of drug-likeness (QED) is 0.376. The second-order valence-corrected chi connectivity index (χ2v) is 1.48. The summed E-state index contributed by atoms with van der Waals surface area (Å²) in [5, 5.41) is 9.65. The van der Waals surface area contributed by atoms with Crippen LogP contribution in [0.3, 0.4) is 0 Å². The van der Waals surface area contributed by atoms with Crippen LogP contribution in [0.15, 0.2) is 0 Å². The number of carboxylic acids is 1. The zero-order valence-electron chi connectivity index (χ0n) is 5.44. The molecule has 2 nitrogen and oxygen atoms in total. The van der Waals surface area contributed by atoms with Gasteiger partial charge < -0.3 is 9.90 Å². The van der Waals surface area contributed by atoms with E-state index in [0.29, 0.717) is 0 Å². The Labute approximate surface area is 71.6 Å². The fourth-order valence-electron chi connectivity index (χ4n) is 0.321. The van der Waals surface area contributed by atoms with Gasteiger partial charge in [-0.2, -0.15) is 0 Å². The molecule has 0 atom stereocenters. The summed E-state index contributed by atoms with van der Waals surface area (Å²) in [6, 6.07) is 0. The van der Waals surface area contributed by atoms with Crippen molar-refractivity contribution in [2.24, 2.45) is 0 Å². The molecule has 8 heavy (non-hydrogen) atoms. The summed E-state index contributed by atoms with van der Waals surface area (Å²) in [5.41, 5.74) is 0. The Balaban J connectivity index is 0. The molecule has 0 heterocycles. The van der Waals surface area contributed by atoms with Crippen LogP contribution in [-0.4, -0.2) is 5.97 Å². The SMILES string of the molecule is CCCC[14C](=O)[O-].[Na+]. The average molecular weight is 126 g/mol. The van der Waals surface area contributed by atoms with Crippen LogP contribution in [0.25, 0.3) is 0 Å². The molecule has 42 valence electrons. The van der Waals surface area contributed by atoms with E-state index in [9.17, 15) is 9.90 Å². The fourth-order valence-corrected chi connectivity index (χ4v) is 0.321. The van der Waals surface area contributed by atoms with Crippen molar-refractivity contribution in [3.05, 3.63) is 0 Å². The van der Waals surface area contributed by atoms with Gasteiger partial charge in [-0.15, -0.1) is 0 Å². The van der Waals surface area contributed by atoms with E-state index in [2.05, 4.69) is 0 Å². The topological polar surface area (TPSA) is 40.1 Å². The third kappa shape index (κ3) is 9.69. The summed E-state index contributed by atoms with van der Waals surface area (Å²) in [7, 11) is 0. The molecule has 0 aliphatic rings. The van der Waals surface area contributed by atoms with Crippen LogP contribution >= 0.6 is 0 Å². The molecule has 0 amide bonds. The molecule has 0 bridgehead atoms. The maximum absolute atomic E-state index is 9.65. The Bertz CT molecular complexity index is 63.4. The molecule has 3 heteroatoms. The predicted octanol–water partition coefficient (Wildman–Crippen LogP) is -3.07. The van der Waals surface area contributed by atoms with Crippen molar-refractivity contribution < 1.29 is 39.5 Å². The molecule has 0 aromatic heterocycles. The third-order valence-electron chi connectivity index (χ3n) is 0.734. The van der Waals surface area contributed by atoms with Gasteiger partial charge in [0, 0.05) is 5.97 Å². The smallest absolute Gasteiger partial charge is 0.550 e. The largest absolute Gasteiger partial charge is 1.00 e. The van der Waals surface area contributed by atoms with E-state index in [1.165, 1.54) is 0 Å². The van der Waals surface area contributed by atoms with Crippen molar-refractivity contribution in [1.82, 2.24) is 0 Å². The van der Waals surface area contributed by atoms with E-state index in [0.717, 1.165) is 12.8 Å². The first kappa shape index (κ1) is 11.3. The second-order valence-electron chi connectivity index (χ2n) is 1.48. The summed E-state index contributed by atoms with van der Waals surface area (Å²) in [4.78, 5) is 9.65. The zero-order chi connectivity index (χ0) is 5.70. The molecular formula is C5H9NaO2. The summed E-state index contributed by atoms with van der Waals surface area (Å²) in [6.45, 7) is 1.95. The van der Waals surface area contributed by atoms with Crippen molar-refractivity contribution in [1.29, 1.82) is 0 Å². The van der Waals surface area contributed by atoms with Gasteiger partial charge in [-0.25, -0.2) is 0 Å². The van der Waals surface area contributed by atoms with Crippen molar-refractivity contribution in [3.63, 3.8) is 0 Å². The van der Waals surface area contributed by atoms with E-state index >= 15 is 0 Å². The maximum Gasteiger partial charge on any atom is 1.00 e. The molecule has 0 saturated carbocycles. The molecule has 0 aromatic carbocycles. The van der Waals surface area contributed by atoms with Crippen molar-refractivity contribution >= 4 is 5.97 Å². The molecule has 0 N–H and O–H groups in total. The van der Waals surface area contributed by atoms with E-state index in [-0.39, 0.29) is 36.0 Å². The van der Waals surface area contributed by atoms with E-state index < -0.39 is 5.97 Å². The van der Waals surface area contributed by atoms with Crippen LogP contribution in [0.4, 0.5) is 0 Å². The Morgan fingerprint density at radius 3 is 2.25 bits per heavy atom. The first-order valence-corrected chi connectivity index (χ1v) is 2.47. The van der Waals surface area contributed by atoms with E-state index in [1.54, 1.807) is 0 Å². The van der Waals surface area contributed by atoms with Crippen LogP contribution in [0.5, 0.6) is 0 Å². The van der Waals surface area contributed by atoms with Crippen LogP contribution < -0.4 is 34.7 Å². The van der Waals surface area contributed by atoms with Gasteiger partial charge in [0.1, 0.15) is 0 Å². The van der Waals surface area contributed by atoms with Gasteiger partial charge in [0.2, 0.25) is 0 Å². The molecule has 0 spiro atoms. The minimum atomic E-state index is -0.943. The van der Waals surface area contributed by atoms with E-state index in [1.807, 2.05) is 6.92 Å². The summed E-state index contributed by atoms with van der Waals surface area (Å²) in [5.74, 6) is -0.943. The van der Waals surface area contributed by atoms with Gasteiger partial charge in [-0.1, -0.05) is 13.3 Å². The van der Waals surface area contributed by atoms with E-state index in [4.69, 9.17) is 0 Å². The monoisotopic (exact) mass is 126 g/mol. The van der Waals surface area contributed by atoms with Crippen molar-refractivity contribution in [2.75, 3.05) is 0 Å². The first-order valence-electron chi connectivity index (χ1n) is 2.47. The number of hydrogen-bond donors (Lipinski definition) is 0. The molecule has 0 aliphatic carbocycles. The van der Waals surface area contributed by atoms with Gasteiger partial charge in [0.15, 0.2) is 0 Å². The van der Waals surface area contributed by atoms with Crippen molar-refractivity contribution in [3.8, 4) is 0 Å². The van der Waals surface area contributed by atoms with Gasteiger partial charge in [-0.05, 0) is 12.8 Å². The molecule has 0 aliphatic heterocycles. The molecule has 0 aromatic rings. The van der Waals surface area contributed by atoms with Gasteiger partial charge in [-0.3, -0.25) is 0 Å². The third-order valence-corrected chi connectivity index (χ3v) is 0.734. The number of carboxylic acid groups (broad SMARTS) is 1. The number of rotatable bonds is 3. The molecular weight excluding hydrogens is 117 g/mol. The maximum atomic E-state index is 9.65. The van der Waals surface area contributed by atoms with Gasteiger partial charge >= 0.3 is 29.6 Å². The first-order chi connectivity index (χ1) is 3.27. The zero-order valence-corrected chi connectivity index (χ0v) is 7.44. The Morgan fingerprint density at radius 2 is 2.12 bits per heavy atom. The fraction of sp³-hybridized carbons (Fsp3) is 0.800. The normalized spacial score (nSPS) is 7.62. The summed E-state index contributed by atoms with van der Waals surface area (Å²) < 4.78 is 0.